The van der Waals surface area contributed by atoms with Crippen molar-refractivity contribution in [3.05, 3.63) is 0 Å². The molecule has 0 fully saturated rings. The van der Waals surface area contributed by atoms with E-state index in [0.29, 0.717) is 0 Å². The van der Waals surface area contributed by atoms with Crippen molar-refractivity contribution in [1.29, 1.82) is 0 Å². The van der Waals surface area contributed by atoms with Crippen molar-refractivity contribution >= 4 is 5.91 Å². The third kappa shape index (κ3) is 4.88. The van der Waals surface area contributed by atoms with Crippen LogP contribution in [0.2, 0.25) is 0 Å². The topological polar surface area (TPSA) is 32.3 Å². The summed E-state index contributed by atoms with van der Waals surface area (Å²) in [5.41, 5.74) is -0.366. The second kappa shape index (κ2) is 5.08. The molecule has 0 aliphatic rings. The van der Waals surface area contributed by atoms with Gasteiger partial charge in [-0.3, -0.25) is 4.79 Å². The van der Waals surface area contributed by atoms with E-state index >= 15 is 0 Å². The average Bonchev–Trinajstić information content (AvgIpc) is 2.08. The monoisotopic (exact) mass is 236 g/mol. The average molecular weight is 236 g/mol. The number of hydrogen-bond donors (Lipinski definition) is 1. The number of hydrogen-bond acceptors (Lipinski definition) is 2. The van der Waals surface area contributed by atoms with Crippen LogP contribution in [0, 0.1) is 0 Å². The highest BCUT2D eigenvalue weighted by Crippen LogP contribution is 2.21. The quantitative estimate of drug-likeness (QED) is 0.808. The van der Waals surface area contributed by atoms with E-state index in [1.54, 1.807) is 7.05 Å². The Morgan fingerprint density at radius 3 is 2.00 bits per heavy atom. The van der Waals surface area contributed by atoms with Gasteiger partial charge in [0.05, 0.1) is 6.04 Å². The van der Waals surface area contributed by atoms with Gasteiger partial charge in [0.25, 0.3) is 0 Å². The predicted molar refractivity (Wildman–Crippen MR) is 60.6 cm³/mol. The van der Waals surface area contributed by atoms with Gasteiger partial charge in [-0.1, -0.05) is 0 Å². The van der Waals surface area contributed by atoms with Crippen LogP contribution in [0.3, 0.4) is 0 Å². The first kappa shape index (κ1) is 15.3. The van der Waals surface area contributed by atoms with E-state index in [1.807, 2.05) is 20.8 Å². The first-order chi connectivity index (χ1) is 6.99. The highest BCUT2D eigenvalue weighted by molar-refractivity contribution is 5.82. The molecule has 1 unspecified atom stereocenters. The number of carbonyl (C=O) groups is 1. The first-order valence-electron chi connectivity index (χ1n) is 5.32. The molecule has 0 saturated carbocycles. The molecule has 0 aliphatic carbocycles. The molecule has 0 heterocycles. The Morgan fingerprint density at radius 1 is 1.31 bits per heavy atom. The van der Waals surface area contributed by atoms with E-state index in [-0.39, 0.29) is 11.4 Å². The van der Waals surface area contributed by atoms with Crippen LogP contribution >= 0.6 is 0 Å². The molecule has 0 aliphatic heterocycles. The van der Waals surface area contributed by atoms with Crippen LogP contribution in [-0.4, -0.2) is 42.4 Å². The molecule has 0 bridgehead atoms. The third-order valence-electron chi connectivity index (χ3n) is 2.55. The van der Waals surface area contributed by atoms with Crippen LogP contribution in [0.5, 0.6) is 0 Å². The molecule has 96 valence electrons. The lowest BCUT2D eigenvalue weighted by atomic mass is 10.0. The molecule has 0 spiro atoms. The molecule has 0 saturated heterocycles. The molecule has 16 heavy (non-hydrogen) atoms. The Labute approximate surface area is 96.2 Å². The maximum Gasteiger partial charge on any atom is 0.247 e. The van der Waals surface area contributed by atoms with Crippen LogP contribution in [0.25, 0.3) is 0 Å². The summed E-state index contributed by atoms with van der Waals surface area (Å²) in [5.74, 6) is -3.15. The van der Waals surface area contributed by atoms with Gasteiger partial charge in [-0.2, -0.15) is 0 Å². The highest BCUT2D eigenvalue weighted by atomic mass is 19.3. The fourth-order valence-corrected chi connectivity index (χ4v) is 1.24. The molecule has 1 atom stereocenters. The van der Waals surface area contributed by atoms with E-state index in [4.69, 9.17) is 0 Å². The Balaban J connectivity index is 4.67. The molecular weight excluding hydrogens is 214 g/mol. The number of halogens is 2. The highest BCUT2D eigenvalue weighted by Gasteiger charge is 2.34. The normalized spacial score (nSPS) is 14.8. The minimum absolute atomic E-state index is 0.309. The zero-order valence-electron chi connectivity index (χ0n) is 10.9. The van der Waals surface area contributed by atoms with Gasteiger partial charge in [0.2, 0.25) is 11.8 Å². The molecule has 1 N–H and O–H groups in total. The third-order valence-corrected chi connectivity index (χ3v) is 2.55. The second-order valence-corrected chi connectivity index (χ2v) is 5.18. The Bertz CT molecular complexity index is 243. The summed E-state index contributed by atoms with van der Waals surface area (Å²) in [4.78, 5) is 13.4. The number of likely N-dealkylation sites (N-methyl/N-ethyl adjacent to an activating group) is 2. The van der Waals surface area contributed by atoms with Crippen molar-refractivity contribution in [1.82, 2.24) is 10.2 Å². The lowest BCUT2D eigenvalue weighted by Crippen LogP contribution is -2.52. The fraction of sp³-hybridized carbons (Fsp3) is 0.909. The van der Waals surface area contributed by atoms with Gasteiger partial charge >= 0.3 is 0 Å². The molecule has 5 heteroatoms. The summed E-state index contributed by atoms with van der Waals surface area (Å²) < 4.78 is 25.7. The van der Waals surface area contributed by atoms with Crippen LogP contribution in [0.15, 0.2) is 0 Å². The Morgan fingerprint density at radius 2 is 1.75 bits per heavy atom. The summed E-state index contributed by atoms with van der Waals surface area (Å²) in [7, 11) is 3.14. The van der Waals surface area contributed by atoms with E-state index < -0.39 is 18.4 Å². The van der Waals surface area contributed by atoms with Gasteiger partial charge in [-0.15, -0.1) is 0 Å². The molecule has 3 nitrogen and oxygen atoms in total. The van der Waals surface area contributed by atoms with Crippen molar-refractivity contribution in [2.45, 2.75) is 51.6 Å². The summed E-state index contributed by atoms with van der Waals surface area (Å²) in [6, 6.07) is -0.843. The van der Waals surface area contributed by atoms with Crippen LogP contribution in [-0.2, 0) is 4.79 Å². The van der Waals surface area contributed by atoms with Gasteiger partial charge in [-0.05, 0) is 34.7 Å². The molecule has 0 rings (SSSR count). The van der Waals surface area contributed by atoms with Crippen LogP contribution in [0.1, 0.15) is 34.1 Å². The minimum Gasteiger partial charge on any atom is -0.340 e. The second-order valence-electron chi connectivity index (χ2n) is 5.18. The largest absolute Gasteiger partial charge is 0.340 e. The first-order valence-corrected chi connectivity index (χ1v) is 5.32. The summed E-state index contributed by atoms with van der Waals surface area (Å²) >= 11 is 0. The predicted octanol–water partition coefficient (Wildman–Crippen LogP) is 1.88. The standard InChI is InChI=1S/C11H22F2N2O/c1-10(2,3)15(6)9(16)8(14-5)7-11(4,12)13/h8,14H,7H2,1-6H3. The maximum absolute atomic E-state index is 12.9. The molecule has 0 aromatic rings. The SMILES string of the molecule is CNC(CC(C)(F)F)C(=O)N(C)C(C)(C)C. The number of nitrogens with zero attached hydrogens (tertiary/aromatic N) is 1. The number of alkyl halides is 2. The summed E-state index contributed by atoms with van der Waals surface area (Å²) in [5, 5.41) is 2.64. The minimum atomic E-state index is -2.85. The van der Waals surface area contributed by atoms with Gasteiger partial charge in [0, 0.05) is 19.0 Å². The van der Waals surface area contributed by atoms with Crippen molar-refractivity contribution in [2.75, 3.05) is 14.1 Å². The number of rotatable bonds is 4. The molecule has 1 amide bonds. The lowest BCUT2D eigenvalue weighted by Gasteiger charge is -2.35. The molecule has 0 aromatic heterocycles. The number of carbonyl (C=O) groups excluding carboxylic acids is 1. The van der Waals surface area contributed by atoms with E-state index in [0.717, 1.165) is 6.92 Å². The molecule has 0 aromatic carbocycles. The smallest absolute Gasteiger partial charge is 0.247 e. The summed E-state index contributed by atoms with van der Waals surface area (Å²) in [6.07, 6.45) is -0.483. The zero-order chi connectivity index (χ0) is 13.1. The van der Waals surface area contributed by atoms with Crippen LogP contribution < -0.4 is 5.32 Å². The van der Waals surface area contributed by atoms with Gasteiger partial charge in [0.1, 0.15) is 0 Å². The molecular formula is C11H22F2N2O. The van der Waals surface area contributed by atoms with E-state index in [2.05, 4.69) is 5.32 Å². The zero-order valence-corrected chi connectivity index (χ0v) is 10.9. The number of nitrogens with one attached hydrogen (secondary N) is 1. The van der Waals surface area contributed by atoms with Crippen molar-refractivity contribution < 1.29 is 13.6 Å². The van der Waals surface area contributed by atoms with Crippen molar-refractivity contribution in [3.8, 4) is 0 Å². The van der Waals surface area contributed by atoms with Gasteiger partial charge < -0.3 is 10.2 Å². The Kier molecular flexibility index (Phi) is 4.85. The number of amides is 1. The van der Waals surface area contributed by atoms with Crippen LogP contribution in [0.4, 0.5) is 8.78 Å². The van der Waals surface area contributed by atoms with Gasteiger partial charge in [0.15, 0.2) is 0 Å². The summed E-state index contributed by atoms with van der Waals surface area (Å²) in [6.45, 7) is 6.41. The van der Waals surface area contributed by atoms with Crippen molar-refractivity contribution in [2.24, 2.45) is 0 Å². The Hall–Kier alpha value is -0.710. The van der Waals surface area contributed by atoms with E-state index in [1.165, 1.54) is 11.9 Å². The lowest BCUT2D eigenvalue weighted by molar-refractivity contribution is -0.138. The fourth-order valence-electron chi connectivity index (χ4n) is 1.24. The van der Waals surface area contributed by atoms with Gasteiger partial charge in [-0.25, -0.2) is 8.78 Å². The van der Waals surface area contributed by atoms with Crippen molar-refractivity contribution in [3.63, 3.8) is 0 Å². The molecule has 0 radical (unpaired) electrons. The maximum atomic E-state index is 12.9. The van der Waals surface area contributed by atoms with E-state index in [9.17, 15) is 13.6 Å².